The molecule has 1 aliphatic carbocycles. The van der Waals surface area contributed by atoms with Crippen molar-refractivity contribution in [2.75, 3.05) is 38.4 Å². The highest BCUT2D eigenvalue weighted by atomic mass is 19.4. The van der Waals surface area contributed by atoms with Crippen LogP contribution in [0.4, 0.5) is 40.8 Å². The van der Waals surface area contributed by atoms with Crippen LogP contribution in [0.3, 0.4) is 0 Å². The third-order valence-corrected chi connectivity index (χ3v) is 10.8. The van der Waals surface area contributed by atoms with Crippen molar-refractivity contribution < 1.29 is 59.4 Å². The van der Waals surface area contributed by atoms with Gasteiger partial charge in [0.15, 0.2) is 11.6 Å². The number of methoxy groups -OCH3 is 1. The average molecular weight is 799 g/mol. The molecule has 1 saturated carbocycles. The number of carbonyl (C=O) groups excluding carboxylic acids is 2. The van der Waals surface area contributed by atoms with Gasteiger partial charge >= 0.3 is 18.3 Å². The standard InChI is InChI=1S/C37H38F8N6O5/c1-20-9-10-35(26(20)14-21-5-8-29(32(39)31(21)38)56-13-12-49-11-3-4-23(49)18-55-2)17-25(33(46)52)34(53)51(54)50(35)28-7-6-22(36(40,41)42)15-24(28)27-16-30(37(43,44)45)48-19-47-27/h5-8,15-17,19-20,23,26,54H,3-4,9-14,18H2,1-2H3,(H2,46,52)/t20?,23-,26?,35?/m0/s1. The first-order valence-corrected chi connectivity index (χ1v) is 17.7. The molecule has 3 aliphatic rings. The van der Waals surface area contributed by atoms with Crippen LogP contribution in [0.1, 0.15) is 49.4 Å². The number of likely N-dealkylation sites (tertiary alicyclic amines) is 1. The van der Waals surface area contributed by atoms with E-state index in [4.69, 9.17) is 15.2 Å². The number of carbonyl (C=O) groups is 2. The highest BCUT2D eigenvalue weighted by molar-refractivity contribution is 6.18. The molecule has 11 nitrogen and oxygen atoms in total. The fraction of sp³-hybridized carbons (Fsp3) is 0.459. The number of hydrogen-bond acceptors (Lipinski definition) is 9. The van der Waals surface area contributed by atoms with E-state index in [-0.39, 0.29) is 48.4 Å². The number of primary amides is 1. The molecule has 0 bridgehead atoms. The van der Waals surface area contributed by atoms with Crippen molar-refractivity contribution in [3.05, 3.63) is 82.8 Å². The lowest BCUT2D eigenvalue weighted by Gasteiger charge is -2.51. The molecule has 2 fully saturated rings. The smallest absolute Gasteiger partial charge is 0.433 e. The maximum atomic E-state index is 15.9. The van der Waals surface area contributed by atoms with E-state index in [2.05, 4.69) is 14.9 Å². The van der Waals surface area contributed by atoms with Crippen LogP contribution in [0.25, 0.3) is 11.3 Å². The second-order valence-corrected chi connectivity index (χ2v) is 14.1. The number of anilines is 1. The van der Waals surface area contributed by atoms with Crippen molar-refractivity contribution >= 4 is 17.5 Å². The van der Waals surface area contributed by atoms with Gasteiger partial charge in [-0.15, -0.1) is 5.17 Å². The second kappa shape index (κ2) is 15.6. The Morgan fingerprint density at radius 3 is 2.46 bits per heavy atom. The van der Waals surface area contributed by atoms with E-state index in [1.54, 1.807) is 14.0 Å². The Balaban J connectivity index is 1.42. The number of nitrogens with zero attached hydrogens (tertiary/aromatic N) is 5. The number of halogens is 8. The Bertz CT molecular complexity index is 2010. The first-order chi connectivity index (χ1) is 26.4. The van der Waals surface area contributed by atoms with Crippen molar-refractivity contribution in [2.24, 2.45) is 17.6 Å². The van der Waals surface area contributed by atoms with Crippen LogP contribution in [-0.2, 0) is 33.1 Å². The molecule has 3 N–H and O–H groups in total. The van der Waals surface area contributed by atoms with Crippen LogP contribution >= 0.6 is 0 Å². The number of hydroxylamine groups is 1. The molecule has 3 aromatic rings. The van der Waals surface area contributed by atoms with Crippen LogP contribution < -0.4 is 15.5 Å². The number of benzene rings is 2. The first-order valence-electron chi connectivity index (χ1n) is 17.7. The summed E-state index contributed by atoms with van der Waals surface area (Å²) in [5.74, 6) is -6.93. The van der Waals surface area contributed by atoms with Gasteiger partial charge in [-0.1, -0.05) is 13.0 Å². The van der Waals surface area contributed by atoms with E-state index in [1.807, 2.05) is 0 Å². The number of aromatic nitrogens is 2. The summed E-state index contributed by atoms with van der Waals surface area (Å²) >= 11 is 0. The van der Waals surface area contributed by atoms with Crippen molar-refractivity contribution in [3.8, 4) is 17.0 Å². The summed E-state index contributed by atoms with van der Waals surface area (Å²) in [6.45, 7) is 3.55. The van der Waals surface area contributed by atoms with Crippen molar-refractivity contribution in [2.45, 2.75) is 63.0 Å². The lowest BCUT2D eigenvalue weighted by molar-refractivity contribution is -0.171. The van der Waals surface area contributed by atoms with E-state index >= 15 is 8.78 Å². The fourth-order valence-electron chi connectivity index (χ4n) is 8.09. The van der Waals surface area contributed by atoms with Gasteiger partial charge in [-0.2, -0.15) is 30.7 Å². The second-order valence-electron chi connectivity index (χ2n) is 14.1. The number of amides is 2. The lowest BCUT2D eigenvalue weighted by Crippen LogP contribution is -2.64. The van der Waals surface area contributed by atoms with E-state index < -0.39 is 87.0 Å². The molecule has 302 valence electrons. The Hall–Kier alpha value is -4.88. The van der Waals surface area contributed by atoms with Gasteiger partial charge < -0.3 is 15.2 Å². The van der Waals surface area contributed by atoms with Gasteiger partial charge in [0.2, 0.25) is 5.82 Å². The van der Waals surface area contributed by atoms with Crippen molar-refractivity contribution in [1.82, 2.24) is 20.0 Å². The minimum Gasteiger partial charge on any atom is -0.489 e. The van der Waals surface area contributed by atoms with Crippen LogP contribution in [0.2, 0.25) is 0 Å². The predicted molar refractivity (Wildman–Crippen MR) is 183 cm³/mol. The molecule has 56 heavy (non-hydrogen) atoms. The van der Waals surface area contributed by atoms with Crippen LogP contribution in [0, 0.1) is 23.5 Å². The Morgan fingerprint density at radius 2 is 1.79 bits per heavy atom. The summed E-state index contributed by atoms with van der Waals surface area (Å²) in [6.07, 6.45) is -6.59. The highest BCUT2D eigenvalue weighted by Gasteiger charge is 2.56. The molecule has 1 spiro atoms. The van der Waals surface area contributed by atoms with Gasteiger partial charge in [-0.05, 0) is 92.5 Å². The van der Waals surface area contributed by atoms with Crippen molar-refractivity contribution in [3.63, 3.8) is 0 Å². The molecule has 3 heterocycles. The average Bonchev–Trinajstić information content (AvgIpc) is 3.71. The highest BCUT2D eigenvalue weighted by Crippen LogP contribution is 2.53. The lowest BCUT2D eigenvalue weighted by atomic mass is 9.76. The van der Waals surface area contributed by atoms with E-state index in [0.29, 0.717) is 37.7 Å². The zero-order valence-corrected chi connectivity index (χ0v) is 30.1. The predicted octanol–water partition coefficient (Wildman–Crippen LogP) is 6.34. The molecule has 0 radical (unpaired) electrons. The fourth-order valence-corrected chi connectivity index (χ4v) is 8.09. The third kappa shape index (κ3) is 7.75. The van der Waals surface area contributed by atoms with Gasteiger partial charge in [-0.3, -0.25) is 19.7 Å². The quantitative estimate of drug-likeness (QED) is 0.130. The molecule has 1 aromatic heterocycles. The van der Waals surface area contributed by atoms with E-state index in [1.165, 1.54) is 12.1 Å². The molecule has 3 unspecified atom stereocenters. The SMILES string of the molecule is COC[C@@H]1CCCN1CCOc1ccc(CC2C(C)CCC23C=C(C(N)=O)C(=O)N(O)N3c2ccc(C(F)(F)F)cc2-c2cc(C(F)(F)F)ncn2)c(F)c1F. The number of rotatable bonds is 11. The maximum absolute atomic E-state index is 15.9. The molecule has 2 aliphatic heterocycles. The monoisotopic (exact) mass is 798 g/mol. The zero-order valence-electron chi connectivity index (χ0n) is 30.1. The first kappa shape index (κ1) is 40.8. The number of nitrogens with two attached hydrogens (primary N) is 1. The van der Waals surface area contributed by atoms with E-state index in [0.717, 1.165) is 36.5 Å². The Labute approximate surface area is 315 Å². The summed E-state index contributed by atoms with van der Waals surface area (Å²) in [4.78, 5) is 35.1. The molecule has 4 atom stereocenters. The third-order valence-electron chi connectivity index (χ3n) is 10.8. The normalized spacial score (nSPS) is 23.3. The summed E-state index contributed by atoms with van der Waals surface area (Å²) in [6, 6.07) is 5.06. The number of hydrogen-bond donors (Lipinski definition) is 2. The van der Waals surface area contributed by atoms with Crippen molar-refractivity contribution in [1.29, 1.82) is 0 Å². The molecule has 2 amide bonds. The van der Waals surface area contributed by atoms with Crippen LogP contribution in [0.5, 0.6) is 5.75 Å². The largest absolute Gasteiger partial charge is 0.489 e. The van der Waals surface area contributed by atoms with Gasteiger partial charge in [0.05, 0.1) is 29.1 Å². The summed E-state index contributed by atoms with van der Waals surface area (Å²) in [7, 11) is 1.60. The van der Waals surface area contributed by atoms with E-state index in [9.17, 15) is 41.1 Å². The summed E-state index contributed by atoms with van der Waals surface area (Å²) in [5.41, 5.74) is -1.59. The molecule has 2 aromatic carbocycles. The Kier molecular flexibility index (Phi) is 11.3. The molecule has 1 saturated heterocycles. The Morgan fingerprint density at radius 1 is 1.04 bits per heavy atom. The number of hydrazine groups is 1. The zero-order chi connectivity index (χ0) is 40.7. The van der Waals surface area contributed by atoms with Crippen LogP contribution in [-0.4, -0.2) is 82.1 Å². The van der Waals surface area contributed by atoms with Crippen LogP contribution in [0.15, 0.2) is 54.4 Å². The number of alkyl halides is 6. The molecular weight excluding hydrogens is 760 g/mol. The molecule has 19 heteroatoms. The minimum atomic E-state index is -5.03. The summed E-state index contributed by atoms with van der Waals surface area (Å²) in [5, 5.41) is 12.3. The number of ether oxygens (including phenoxy) is 2. The van der Waals surface area contributed by atoms with Gasteiger partial charge in [-0.25, -0.2) is 19.4 Å². The van der Waals surface area contributed by atoms with Gasteiger partial charge in [0.25, 0.3) is 5.91 Å². The molecule has 6 rings (SSSR count). The summed E-state index contributed by atoms with van der Waals surface area (Å²) < 4.78 is 126. The minimum absolute atomic E-state index is 0.0378. The maximum Gasteiger partial charge on any atom is 0.433 e. The van der Waals surface area contributed by atoms with Gasteiger partial charge in [0, 0.05) is 25.3 Å². The van der Waals surface area contributed by atoms with Gasteiger partial charge in [0.1, 0.15) is 24.2 Å². The topological polar surface area (TPSA) is 134 Å². The molecular formula is C37H38F8N6O5.